The Labute approximate surface area is 200 Å². The molecule has 0 radical (unpaired) electrons. The first-order valence-corrected chi connectivity index (χ1v) is 11.6. The summed E-state index contributed by atoms with van der Waals surface area (Å²) in [4.78, 5) is 29.6. The van der Waals surface area contributed by atoms with Crippen LogP contribution in [0.1, 0.15) is 37.0 Å². The Hall–Kier alpha value is -3.64. The van der Waals surface area contributed by atoms with Gasteiger partial charge in [0.2, 0.25) is 5.91 Å². The van der Waals surface area contributed by atoms with E-state index in [1.54, 1.807) is 9.80 Å². The highest BCUT2D eigenvalue weighted by atomic mass is 16.6. The average molecular weight is 459 g/mol. The lowest BCUT2D eigenvalue weighted by Gasteiger charge is -2.41. The van der Waals surface area contributed by atoms with E-state index in [0.717, 1.165) is 11.1 Å². The van der Waals surface area contributed by atoms with E-state index in [9.17, 15) is 14.7 Å². The summed E-state index contributed by atoms with van der Waals surface area (Å²) >= 11 is 0. The van der Waals surface area contributed by atoms with Gasteiger partial charge in [0.25, 0.3) is 0 Å². The van der Waals surface area contributed by atoms with Gasteiger partial charge < -0.3 is 14.7 Å². The number of aliphatic hydroxyl groups is 1. The molecule has 3 atom stereocenters. The van der Waals surface area contributed by atoms with Crippen molar-refractivity contribution >= 4 is 17.7 Å². The number of piperidine rings is 1. The van der Waals surface area contributed by atoms with Gasteiger partial charge in [-0.2, -0.15) is 0 Å². The summed E-state index contributed by atoms with van der Waals surface area (Å²) in [5, 5.41) is 10.8. The highest BCUT2D eigenvalue weighted by Crippen LogP contribution is 2.29. The number of amides is 2. The van der Waals surface area contributed by atoms with Crippen LogP contribution in [0.25, 0.3) is 0 Å². The Bertz CT molecular complexity index is 1080. The smallest absolute Gasteiger partial charge is 0.414 e. The van der Waals surface area contributed by atoms with Crippen molar-refractivity contribution in [2.45, 2.75) is 44.6 Å². The largest absolute Gasteiger partial charge is 0.444 e. The lowest BCUT2D eigenvalue weighted by atomic mass is 9.96. The Morgan fingerprint density at radius 1 is 1.00 bits per heavy atom. The monoisotopic (exact) mass is 458 g/mol. The molecule has 1 saturated heterocycles. The summed E-state index contributed by atoms with van der Waals surface area (Å²) < 4.78 is 5.63. The third kappa shape index (κ3) is 5.46. The lowest BCUT2D eigenvalue weighted by Crippen LogP contribution is -2.53. The van der Waals surface area contributed by atoms with Crippen LogP contribution in [0, 0.1) is 0 Å². The maximum atomic E-state index is 13.2. The molecule has 2 amide bonds. The number of nitrogens with zero attached hydrogens (tertiary/aromatic N) is 2. The van der Waals surface area contributed by atoms with Crippen LogP contribution in [0.15, 0.2) is 91.0 Å². The molecule has 0 unspecified atom stereocenters. The number of carbonyl (C=O) groups excluding carboxylic acids is 2. The topological polar surface area (TPSA) is 70.1 Å². The molecule has 176 valence electrons. The first kappa shape index (κ1) is 23.5. The van der Waals surface area contributed by atoms with Gasteiger partial charge in [-0.1, -0.05) is 78.9 Å². The molecule has 4 rings (SSSR count). The SMILES string of the molecule is C[C@H]([C@@H](O)c1ccccc1)N1CC[C@@H](N(C(=O)OCc2ccccc2)c2ccccc2)CC1=O. The van der Waals surface area contributed by atoms with E-state index in [1.807, 2.05) is 97.9 Å². The molecule has 1 N–H and O–H groups in total. The van der Waals surface area contributed by atoms with Crippen molar-refractivity contribution < 1.29 is 19.4 Å². The van der Waals surface area contributed by atoms with Crippen molar-refractivity contribution in [2.24, 2.45) is 0 Å². The Morgan fingerprint density at radius 3 is 2.21 bits per heavy atom. The number of hydrogen-bond donors (Lipinski definition) is 1. The van der Waals surface area contributed by atoms with Crippen LogP contribution in [-0.4, -0.2) is 40.6 Å². The highest BCUT2D eigenvalue weighted by molar-refractivity contribution is 5.90. The molecular weight excluding hydrogens is 428 g/mol. The van der Waals surface area contributed by atoms with Gasteiger partial charge in [-0.25, -0.2) is 4.79 Å². The summed E-state index contributed by atoms with van der Waals surface area (Å²) in [7, 11) is 0. The van der Waals surface area contributed by atoms with Crippen LogP contribution in [0.4, 0.5) is 10.5 Å². The number of carbonyl (C=O) groups is 2. The number of aliphatic hydroxyl groups excluding tert-OH is 1. The molecule has 1 aliphatic heterocycles. The van der Waals surface area contributed by atoms with Gasteiger partial charge in [0.05, 0.1) is 18.2 Å². The number of para-hydroxylation sites is 1. The van der Waals surface area contributed by atoms with Gasteiger partial charge in [0, 0.05) is 18.7 Å². The zero-order valence-corrected chi connectivity index (χ0v) is 19.3. The van der Waals surface area contributed by atoms with E-state index >= 15 is 0 Å². The zero-order valence-electron chi connectivity index (χ0n) is 19.3. The number of likely N-dealkylation sites (tertiary alicyclic amines) is 1. The Morgan fingerprint density at radius 2 is 1.59 bits per heavy atom. The Balaban J connectivity index is 1.46. The van der Waals surface area contributed by atoms with Crippen molar-refractivity contribution in [3.8, 4) is 0 Å². The van der Waals surface area contributed by atoms with Crippen LogP contribution in [0.3, 0.4) is 0 Å². The van der Waals surface area contributed by atoms with Crippen LogP contribution in [0.2, 0.25) is 0 Å². The van der Waals surface area contributed by atoms with Crippen LogP contribution >= 0.6 is 0 Å². The first-order chi connectivity index (χ1) is 16.5. The second-order valence-electron chi connectivity index (χ2n) is 8.58. The number of anilines is 1. The fraction of sp³-hybridized carbons (Fsp3) is 0.286. The summed E-state index contributed by atoms with van der Waals surface area (Å²) in [5.74, 6) is -0.0875. The van der Waals surface area contributed by atoms with Gasteiger partial charge >= 0.3 is 6.09 Å². The van der Waals surface area contributed by atoms with Gasteiger partial charge in [0.15, 0.2) is 0 Å². The number of rotatable bonds is 7. The van der Waals surface area contributed by atoms with Crippen molar-refractivity contribution in [2.75, 3.05) is 11.4 Å². The van der Waals surface area contributed by atoms with Gasteiger partial charge in [-0.15, -0.1) is 0 Å². The predicted molar refractivity (Wildman–Crippen MR) is 131 cm³/mol. The Kier molecular flexibility index (Phi) is 7.60. The second-order valence-corrected chi connectivity index (χ2v) is 8.58. The van der Waals surface area contributed by atoms with Crippen molar-refractivity contribution in [3.63, 3.8) is 0 Å². The molecule has 0 spiro atoms. The molecule has 0 bridgehead atoms. The molecule has 1 aliphatic rings. The molecule has 34 heavy (non-hydrogen) atoms. The van der Waals surface area contributed by atoms with E-state index < -0.39 is 12.2 Å². The highest BCUT2D eigenvalue weighted by Gasteiger charge is 2.37. The third-order valence-corrected chi connectivity index (χ3v) is 6.32. The number of benzene rings is 3. The van der Waals surface area contributed by atoms with Crippen molar-refractivity contribution in [3.05, 3.63) is 102 Å². The summed E-state index contributed by atoms with van der Waals surface area (Å²) in [6, 6.07) is 27.5. The normalized spacial score (nSPS) is 17.6. The van der Waals surface area contributed by atoms with E-state index in [1.165, 1.54) is 0 Å². The minimum atomic E-state index is -0.775. The van der Waals surface area contributed by atoms with E-state index in [2.05, 4.69) is 0 Å². The molecule has 6 nitrogen and oxygen atoms in total. The molecule has 0 saturated carbocycles. The molecular formula is C28H30N2O4. The third-order valence-electron chi connectivity index (χ3n) is 6.32. The van der Waals surface area contributed by atoms with Crippen LogP contribution in [-0.2, 0) is 16.1 Å². The average Bonchev–Trinajstić information content (AvgIpc) is 2.89. The van der Waals surface area contributed by atoms with E-state index in [0.29, 0.717) is 18.7 Å². The summed E-state index contributed by atoms with van der Waals surface area (Å²) in [5.41, 5.74) is 2.38. The quantitative estimate of drug-likeness (QED) is 0.544. The number of hydrogen-bond acceptors (Lipinski definition) is 4. The van der Waals surface area contributed by atoms with E-state index in [4.69, 9.17) is 4.74 Å². The lowest BCUT2D eigenvalue weighted by molar-refractivity contribution is -0.138. The second kappa shape index (κ2) is 11.0. The zero-order chi connectivity index (χ0) is 23.9. The molecule has 0 aromatic heterocycles. The van der Waals surface area contributed by atoms with Gasteiger partial charge in [-0.3, -0.25) is 9.69 Å². The van der Waals surface area contributed by atoms with E-state index in [-0.39, 0.29) is 31.0 Å². The van der Waals surface area contributed by atoms with Crippen molar-refractivity contribution in [1.82, 2.24) is 4.90 Å². The fourth-order valence-corrected chi connectivity index (χ4v) is 4.43. The minimum absolute atomic E-state index is 0.0875. The maximum Gasteiger partial charge on any atom is 0.414 e. The molecule has 3 aromatic carbocycles. The minimum Gasteiger partial charge on any atom is -0.444 e. The maximum absolute atomic E-state index is 13.2. The molecule has 0 aliphatic carbocycles. The summed E-state index contributed by atoms with van der Waals surface area (Å²) in [6.45, 7) is 2.47. The van der Waals surface area contributed by atoms with Crippen molar-refractivity contribution in [1.29, 1.82) is 0 Å². The predicted octanol–water partition coefficient (Wildman–Crippen LogP) is 4.94. The van der Waals surface area contributed by atoms with Crippen LogP contribution < -0.4 is 4.90 Å². The molecule has 3 aromatic rings. The fourth-order valence-electron chi connectivity index (χ4n) is 4.43. The summed E-state index contributed by atoms with van der Waals surface area (Å²) in [6.07, 6.45) is -0.491. The van der Waals surface area contributed by atoms with Crippen LogP contribution in [0.5, 0.6) is 0 Å². The first-order valence-electron chi connectivity index (χ1n) is 11.6. The molecule has 6 heteroatoms. The number of ether oxygens (including phenoxy) is 1. The van der Waals surface area contributed by atoms with Gasteiger partial charge in [-0.05, 0) is 36.6 Å². The molecule has 1 fully saturated rings. The molecule has 1 heterocycles. The van der Waals surface area contributed by atoms with Gasteiger partial charge in [0.1, 0.15) is 6.61 Å². The standard InChI is InChI=1S/C28H30N2O4/c1-21(27(32)23-13-7-3-8-14-23)29-18-17-25(19-26(29)31)30(24-15-9-4-10-16-24)28(33)34-20-22-11-5-2-6-12-22/h2-16,21,25,27,32H,17-20H2,1H3/t21-,25-,27-/m1/s1.